The SMILES string of the molecule is Cc1ccc(NC(=O)CN2CCC(NC(=O)c3cccc(F)c3)CC2)c(Br)c1. The molecule has 5 nitrogen and oxygen atoms in total. The van der Waals surface area contributed by atoms with Gasteiger partial charge in [-0.15, -0.1) is 0 Å². The maximum Gasteiger partial charge on any atom is 0.251 e. The molecule has 2 aromatic carbocycles. The quantitative estimate of drug-likeness (QED) is 0.733. The zero-order valence-corrected chi connectivity index (χ0v) is 17.3. The average Bonchev–Trinajstić information content (AvgIpc) is 2.65. The van der Waals surface area contributed by atoms with E-state index in [2.05, 4.69) is 31.5 Å². The highest BCUT2D eigenvalue weighted by Gasteiger charge is 2.22. The molecule has 0 unspecified atom stereocenters. The van der Waals surface area contributed by atoms with Crippen LogP contribution in [0.2, 0.25) is 0 Å². The van der Waals surface area contributed by atoms with E-state index < -0.39 is 5.82 Å². The van der Waals surface area contributed by atoms with Crippen LogP contribution in [0.5, 0.6) is 0 Å². The molecular formula is C21H23BrFN3O2. The van der Waals surface area contributed by atoms with Crippen LogP contribution in [0, 0.1) is 12.7 Å². The van der Waals surface area contributed by atoms with E-state index in [1.54, 1.807) is 6.07 Å². The molecule has 0 saturated carbocycles. The van der Waals surface area contributed by atoms with Crippen molar-refractivity contribution in [3.05, 3.63) is 63.9 Å². The number of aryl methyl sites for hydroxylation is 1. The van der Waals surface area contributed by atoms with Crippen LogP contribution in [-0.4, -0.2) is 42.4 Å². The standard InChI is InChI=1S/C21H23BrFN3O2/c1-14-5-6-19(18(22)11-14)25-20(27)13-26-9-7-17(8-10-26)24-21(28)15-3-2-4-16(23)12-15/h2-6,11-12,17H,7-10,13H2,1H3,(H,24,28)(H,25,27). The fourth-order valence-electron chi connectivity index (χ4n) is 3.25. The van der Waals surface area contributed by atoms with Gasteiger partial charge in [0.15, 0.2) is 0 Å². The maximum absolute atomic E-state index is 13.3. The van der Waals surface area contributed by atoms with Crippen molar-refractivity contribution in [2.24, 2.45) is 0 Å². The molecule has 1 aliphatic heterocycles. The summed E-state index contributed by atoms with van der Waals surface area (Å²) < 4.78 is 14.1. The molecular weight excluding hydrogens is 425 g/mol. The largest absolute Gasteiger partial charge is 0.349 e. The van der Waals surface area contributed by atoms with Gasteiger partial charge in [0.1, 0.15) is 5.82 Å². The van der Waals surface area contributed by atoms with Gasteiger partial charge in [-0.2, -0.15) is 0 Å². The predicted octanol–water partition coefficient (Wildman–Crippen LogP) is 3.73. The number of amides is 2. The van der Waals surface area contributed by atoms with E-state index in [1.807, 2.05) is 25.1 Å². The number of rotatable bonds is 5. The van der Waals surface area contributed by atoms with E-state index in [9.17, 15) is 14.0 Å². The molecule has 0 atom stereocenters. The number of benzene rings is 2. The minimum absolute atomic E-state index is 0.0290. The molecule has 0 spiro atoms. The monoisotopic (exact) mass is 447 g/mol. The van der Waals surface area contributed by atoms with Crippen LogP contribution in [0.25, 0.3) is 0 Å². The lowest BCUT2D eigenvalue weighted by molar-refractivity contribution is -0.117. The Labute approximate surface area is 172 Å². The zero-order valence-electron chi connectivity index (χ0n) is 15.7. The summed E-state index contributed by atoms with van der Waals surface area (Å²) in [5.74, 6) is -0.750. The summed E-state index contributed by atoms with van der Waals surface area (Å²) in [6.07, 6.45) is 1.51. The second-order valence-corrected chi connectivity index (χ2v) is 7.92. The van der Waals surface area contributed by atoms with Crippen LogP contribution in [-0.2, 0) is 4.79 Å². The van der Waals surface area contributed by atoms with Crippen molar-refractivity contribution in [1.82, 2.24) is 10.2 Å². The molecule has 0 radical (unpaired) electrons. The van der Waals surface area contributed by atoms with E-state index in [0.717, 1.165) is 41.7 Å². The van der Waals surface area contributed by atoms with Gasteiger partial charge in [-0.25, -0.2) is 4.39 Å². The summed E-state index contributed by atoms with van der Waals surface area (Å²) in [5.41, 5.74) is 2.20. The van der Waals surface area contributed by atoms with Gasteiger partial charge >= 0.3 is 0 Å². The molecule has 0 aliphatic carbocycles. The van der Waals surface area contributed by atoms with Crippen molar-refractivity contribution in [2.45, 2.75) is 25.8 Å². The summed E-state index contributed by atoms with van der Waals surface area (Å²) in [7, 11) is 0. The maximum atomic E-state index is 13.3. The third kappa shape index (κ3) is 5.62. The molecule has 0 aromatic heterocycles. The number of likely N-dealkylation sites (tertiary alicyclic amines) is 1. The minimum Gasteiger partial charge on any atom is -0.349 e. The molecule has 1 heterocycles. The molecule has 2 aromatic rings. The van der Waals surface area contributed by atoms with Crippen molar-refractivity contribution in [3.63, 3.8) is 0 Å². The van der Waals surface area contributed by atoms with E-state index in [0.29, 0.717) is 12.1 Å². The second kappa shape index (κ2) is 9.30. The topological polar surface area (TPSA) is 61.4 Å². The Hall–Kier alpha value is -2.25. The molecule has 0 bridgehead atoms. The summed E-state index contributed by atoms with van der Waals surface area (Å²) in [6, 6.07) is 11.5. The summed E-state index contributed by atoms with van der Waals surface area (Å²) in [5, 5.41) is 5.87. The number of piperidine rings is 1. The van der Waals surface area contributed by atoms with Crippen LogP contribution in [0.15, 0.2) is 46.9 Å². The lowest BCUT2D eigenvalue weighted by Crippen LogP contribution is -2.46. The Bertz CT molecular complexity index is 866. The Kier molecular flexibility index (Phi) is 6.80. The number of hydrogen-bond donors (Lipinski definition) is 2. The molecule has 7 heteroatoms. The van der Waals surface area contributed by atoms with Crippen molar-refractivity contribution in [1.29, 1.82) is 0 Å². The van der Waals surface area contributed by atoms with Gasteiger partial charge in [0.2, 0.25) is 5.91 Å². The van der Waals surface area contributed by atoms with Gasteiger partial charge in [0.25, 0.3) is 5.91 Å². The minimum atomic E-state index is -0.423. The summed E-state index contributed by atoms with van der Waals surface area (Å²) >= 11 is 3.46. The van der Waals surface area contributed by atoms with Crippen molar-refractivity contribution in [3.8, 4) is 0 Å². The fourth-order valence-corrected chi connectivity index (χ4v) is 3.84. The Morgan fingerprint density at radius 3 is 2.61 bits per heavy atom. The number of anilines is 1. The van der Waals surface area contributed by atoms with Gasteiger partial charge in [0.05, 0.1) is 12.2 Å². The van der Waals surface area contributed by atoms with Gasteiger partial charge in [-0.3, -0.25) is 14.5 Å². The predicted molar refractivity (Wildman–Crippen MR) is 111 cm³/mol. The van der Waals surface area contributed by atoms with Crippen LogP contribution >= 0.6 is 15.9 Å². The first-order valence-electron chi connectivity index (χ1n) is 9.25. The zero-order chi connectivity index (χ0) is 20.1. The first-order chi connectivity index (χ1) is 13.4. The lowest BCUT2D eigenvalue weighted by atomic mass is 10.0. The molecule has 2 N–H and O–H groups in total. The number of nitrogens with one attached hydrogen (secondary N) is 2. The van der Waals surface area contributed by atoms with E-state index in [4.69, 9.17) is 0 Å². The average molecular weight is 448 g/mol. The van der Waals surface area contributed by atoms with Crippen molar-refractivity contribution < 1.29 is 14.0 Å². The van der Waals surface area contributed by atoms with E-state index >= 15 is 0 Å². The molecule has 148 valence electrons. The highest BCUT2D eigenvalue weighted by atomic mass is 79.9. The van der Waals surface area contributed by atoms with Crippen molar-refractivity contribution in [2.75, 3.05) is 25.0 Å². The fraction of sp³-hybridized carbons (Fsp3) is 0.333. The molecule has 3 rings (SSSR count). The van der Waals surface area contributed by atoms with Crippen LogP contribution in [0.3, 0.4) is 0 Å². The number of hydrogen-bond acceptors (Lipinski definition) is 3. The molecule has 1 aliphatic rings. The molecule has 1 saturated heterocycles. The lowest BCUT2D eigenvalue weighted by Gasteiger charge is -2.31. The van der Waals surface area contributed by atoms with E-state index in [-0.39, 0.29) is 17.9 Å². The second-order valence-electron chi connectivity index (χ2n) is 7.07. The Morgan fingerprint density at radius 2 is 1.93 bits per heavy atom. The number of carbonyl (C=O) groups is 2. The first-order valence-corrected chi connectivity index (χ1v) is 10.0. The normalized spacial score (nSPS) is 15.2. The van der Waals surface area contributed by atoms with Crippen LogP contribution in [0.4, 0.5) is 10.1 Å². The third-order valence-corrected chi connectivity index (χ3v) is 5.43. The van der Waals surface area contributed by atoms with E-state index in [1.165, 1.54) is 18.2 Å². The molecule has 28 heavy (non-hydrogen) atoms. The molecule has 1 fully saturated rings. The van der Waals surface area contributed by atoms with Gasteiger partial charge in [-0.1, -0.05) is 12.1 Å². The van der Waals surface area contributed by atoms with Gasteiger partial charge in [0, 0.05) is 29.2 Å². The summed E-state index contributed by atoms with van der Waals surface area (Å²) in [6.45, 7) is 3.74. The van der Waals surface area contributed by atoms with Gasteiger partial charge < -0.3 is 10.6 Å². The third-order valence-electron chi connectivity index (χ3n) is 4.78. The Balaban J connectivity index is 1.44. The number of halogens is 2. The first kappa shape index (κ1) is 20.5. The highest BCUT2D eigenvalue weighted by molar-refractivity contribution is 9.10. The number of nitrogens with zero attached hydrogens (tertiary/aromatic N) is 1. The van der Waals surface area contributed by atoms with Gasteiger partial charge in [-0.05, 0) is 71.6 Å². The smallest absolute Gasteiger partial charge is 0.251 e. The summed E-state index contributed by atoms with van der Waals surface area (Å²) in [4.78, 5) is 26.6. The number of carbonyl (C=O) groups excluding carboxylic acids is 2. The van der Waals surface area contributed by atoms with Crippen LogP contribution in [0.1, 0.15) is 28.8 Å². The molecule has 2 amide bonds. The highest BCUT2D eigenvalue weighted by Crippen LogP contribution is 2.23. The Morgan fingerprint density at radius 1 is 1.18 bits per heavy atom. The van der Waals surface area contributed by atoms with Crippen LogP contribution < -0.4 is 10.6 Å². The van der Waals surface area contributed by atoms with Crippen molar-refractivity contribution >= 4 is 33.4 Å².